The Morgan fingerprint density at radius 2 is 2.13 bits per heavy atom. The van der Waals surface area contributed by atoms with Crippen LogP contribution in [0.3, 0.4) is 0 Å². The van der Waals surface area contributed by atoms with Crippen LogP contribution < -0.4 is 11.1 Å². The smallest absolute Gasteiger partial charge is 0.306 e. The lowest BCUT2D eigenvalue weighted by Gasteiger charge is -2.21. The van der Waals surface area contributed by atoms with E-state index in [2.05, 4.69) is 27.2 Å². The molecule has 5 rings (SSSR count). The number of aromatic nitrogens is 4. The van der Waals surface area contributed by atoms with Crippen LogP contribution in [0.2, 0.25) is 0 Å². The zero-order valence-corrected chi connectivity index (χ0v) is 17.6. The first kappa shape index (κ1) is 19.5. The maximum atomic E-state index is 12.4. The van der Waals surface area contributed by atoms with Crippen molar-refractivity contribution in [1.29, 1.82) is 0 Å². The highest BCUT2D eigenvalue weighted by Gasteiger charge is 2.64. The van der Waals surface area contributed by atoms with E-state index in [-0.39, 0.29) is 35.8 Å². The van der Waals surface area contributed by atoms with Crippen LogP contribution in [-0.2, 0) is 14.3 Å². The summed E-state index contributed by atoms with van der Waals surface area (Å²) in [5.41, 5.74) is 6.81. The van der Waals surface area contributed by atoms with Crippen molar-refractivity contribution in [2.24, 2.45) is 11.8 Å². The number of ether oxygens (including phenoxy) is 2. The predicted molar refractivity (Wildman–Crippen MR) is 112 cm³/mol. The molecule has 0 aromatic carbocycles. The predicted octanol–water partition coefficient (Wildman–Crippen LogP) is 3.03. The van der Waals surface area contributed by atoms with Crippen molar-refractivity contribution < 1.29 is 14.3 Å². The fourth-order valence-corrected chi connectivity index (χ4v) is 5.25. The molecule has 1 saturated heterocycles. The summed E-state index contributed by atoms with van der Waals surface area (Å²) >= 11 is 0. The molecule has 1 aliphatic heterocycles. The number of rotatable bonds is 5. The molecule has 9 heteroatoms. The lowest BCUT2D eigenvalue weighted by molar-refractivity contribution is -0.150. The number of hydrogen-bond donors (Lipinski definition) is 2. The molecule has 2 saturated carbocycles. The van der Waals surface area contributed by atoms with Crippen molar-refractivity contribution in [2.45, 2.75) is 76.2 Å². The Balaban J connectivity index is 1.27. The molecule has 2 aliphatic carbocycles. The van der Waals surface area contributed by atoms with Gasteiger partial charge in [-0.1, -0.05) is 26.2 Å². The van der Waals surface area contributed by atoms with Gasteiger partial charge in [0.05, 0.1) is 6.33 Å². The lowest BCUT2D eigenvalue weighted by atomic mass is 9.87. The molecule has 2 aromatic heterocycles. The van der Waals surface area contributed by atoms with Crippen LogP contribution in [0, 0.1) is 11.8 Å². The molecule has 0 bridgehead atoms. The summed E-state index contributed by atoms with van der Waals surface area (Å²) in [5, 5.41) is 3.01. The summed E-state index contributed by atoms with van der Waals surface area (Å²) in [7, 11) is 1.78. The van der Waals surface area contributed by atoms with Crippen LogP contribution in [0.5, 0.6) is 0 Å². The second-order valence-electron chi connectivity index (χ2n) is 9.15. The Bertz CT molecular complexity index is 956. The average molecular weight is 415 g/mol. The number of imidazole rings is 1. The van der Waals surface area contributed by atoms with Gasteiger partial charge in [0.25, 0.3) is 0 Å². The molecule has 1 unspecified atom stereocenters. The molecule has 1 spiro atoms. The second kappa shape index (κ2) is 7.37. The Hall–Kier alpha value is -2.42. The molecule has 0 radical (unpaired) electrons. The van der Waals surface area contributed by atoms with E-state index in [4.69, 9.17) is 15.2 Å². The summed E-state index contributed by atoms with van der Waals surface area (Å²) in [5.74, 6) is 1.43. The molecule has 0 amide bonds. The van der Waals surface area contributed by atoms with Gasteiger partial charge in [-0.05, 0) is 25.2 Å². The number of carbonyl (C=O) groups is 1. The molecule has 162 valence electrons. The molecule has 3 aliphatic rings. The van der Waals surface area contributed by atoms with Crippen LogP contribution >= 0.6 is 0 Å². The normalized spacial score (nSPS) is 31.3. The van der Waals surface area contributed by atoms with Gasteiger partial charge in [-0.15, -0.1) is 0 Å². The van der Waals surface area contributed by atoms with Crippen LogP contribution in [0.15, 0.2) is 6.33 Å². The molecule has 3 heterocycles. The van der Waals surface area contributed by atoms with Crippen LogP contribution in [0.4, 0.5) is 11.8 Å². The third-order valence-electron chi connectivity index (χ3n) is 6.87. The van der Waals surface area contributed by atoms with E-state index in [0.717, 1.165) is 25.7 Å². The second-order valence-corrected chi connectivity index (χ2v) is 9.15. The Kier molecular flexibility index (Phi) is 4.80. The Morgan fingerprint density at radius 3 is 2.90 bits per heavy atom. The SMILES string of the molecule is CNc1nc(N)nc2c1ncn2[C@@H]1OC2(C[C@@H]1C)C[C@H]2OC(=O)CC1CCCCC1. The number of carbonyl (C=O) groups excluding carboxylic acids is 1. The van der Waals surface area contributed by atoms with Crippen LogP contribution in [-0.4, -0.2) is 44.2 Å². The summed E-state index contributed by atoms with van der Waals surface area (Å²) in [6.45, 7) is 2.15. The minimum absolute atomic E-state index is 0.0734. The molecule has 30 heavy (non-hydrogen) atoms. The number of fused-ring (bicyclic) bond motifs is 1. The fourth-order valence-electron chi connectivity index (χ4n) is 5.25. The first-order valence-corrected chi connectivity index (χ1v) is 11.0. The Labute approximate surface area is 175 Å². The maximum absolute atomic E-state index is 12.4. The van der Waals surface area contributed by atoms with Gasteiger partial charge in [0.15, 0.2) is 17.0 Å². The monoisotopic (exact) mass is 414 g/mol. The summed E-state index contributed by atoms with van der Waals surface area (Å²) in [6.07, 6.45) is 9.55. The zero-order chi connectivity index (χ0) is 20.9. The molecule has 9 nitrogen and oxygen atoms in total. The maximum Gasteiger partial charge on any atom is 0.306 e. The van der Waals surface area contributed by atoms with E-state index in [1.54, 1.807) is 13.4 Å². The quantitative estimate of drug-likeness (QED) is 0.717. The van der Waals surface area contributed by atoms with E-state index in [1.807, 2.05) is 4.57 Å². The van der Waals surface area contributed by atoms with Gasteiger partial charge in [-0.2, -0.15) is 9.97 Å². The van der Waals surface area contributed by atoms with Crippen molar-refractivity contribution in [2.75, 3.05) is 18.1 Å². The largest absolute Gasteiger partial charge is 0.459 e. The van der Waals surface area contributed by atoms with Gasteiger partial charge < -0.3 is 20.5 Å². The molecular weight excluding hydrogens is 384 g/mol. The van der Waals surface area contributed by atoms with E-state index in [0.29, 0.717) is 29.3 Å². The number of anilines is 2. The standard InChI is InChI=1S/C21H30N6O3/c1-12-9-21(10-14(21)29-15(28)8-13-6-4-3-5-7-13)30-19(12)27-11-24-16-17(23-2)25-20(22)26-18(16)27/h11-14,19H,3-10H2,1-2H3,(H3,22,23,25,26)/t12-,14+,19+,21?/m0/s1. The highest BCUT2D eigenvalue weighted by molar-refractivity contribution is 5.84. The molecule has 2 aromatic rings. The highest BCUT2D eigenvalue weighted by Crippen LogP contribution is 2.57. The summed E-state index contributed by atoms with van der Waals surface area (Å²) < 4.78 is 14.2. The first-order chi connectivity index (χ1) is 14.5. The number of nitrogens with two attached hydrogens (primary N) is 1. The van der Waals surface area contributed by atoms with Crippen molar-refractivity contribution in [3.63, 3.8) is 0 Å². The Morgan fingerprint density at radius 1 is 1.33 bits per heavy atom. The third-order valence-corrected chi connectivity index (χ3v) is 6.87. The minimum atomic E-state index is -0.382. The fraction of sp³-hybridized carbons (Fsp3) is 0.714. The number of nitrogens with one attached hydrogen (secondary N) is 1. The lowest BCUT2D eigenvalue weighted by Crippen LogP contribution is -2.21. The molecule has 4 atom stereocenters. The van der Waals surface area contributed by atoms with E-state index in [1.165, 1.54) is 19.3 Å². The van der Waals surface area contributed by atoms with Gasteiger partial charge in [-0.25, -0.2) is 4.98 Å². The number of esters is 1. The molecule has 3 fully saturated rings. The topological polar surface area (TPSA) is 117 Å². The molecular formula is C21H30N6O3. The number of hydrogen-bond acceptors (Lipinski definition) is 8. The number of nitrogens with zero attached hydrogens (tertiary/aromatic N) is 4. The molecule has 3 N–H and O–H groups in total. The minimum Gasteiger partial charge on any atom is -0.459 e. The first-order valence-electron chi connectivity index (χ1n) is 11.0. The third kappa shape index (κ3) is 3.38. The van der Waals surface area contributed by atoms with Crippen molar-refractivity contribution >= 4 is 28.9 Å². The van der Waals surface area contributed by atoms with Crippen LogP contribution in [0.25, 0.3) is 11.2 Å². The summed E-state index contributed by atoms with van der Waals surface area (Å²) in [6, 6.07) is 0. The van der Waals surface area contributed by atoms with E-state index in [9.17, 15) is 4.79 Å². The highest BCUT2D eigenvalue weighted by atomic mass is 16.6. The van der Waals surface area contributed by atoms with Crippen LogP contribution in [0.1, 0.15) is 64.5 Å². The summed E-state index contributed by atoms with van der Waals surface area (Å²) in [4.78, 5) is 25.5. The van der Waals surface area contributed by atoms with E-state index < -0.39 is 0 Å². The van der Waals surface area contributed by atoms with Gasteiger partial charge in [0.2, 0.25) is 5.95 Å². The zero-order valence-electron chi connectivity index (χ0n) is 17.6. The van der Waals surface area contributed by atoms with Gasteiger partial charge in [-0.3, -0.25) is 9.36 Å². The van der Waals surface area contributed by atoms with E-state index >= 15 is 0 Å². The number of nitrogen functional groups attached to an aromatic ring is 1. The van der Waals surface area contributed by atoms with Crippen molar-refractivity contribution in [3.8, 4) is 0 Å². The van der Waals surface area contributed by atoms with Crippen molar-refractivity contribution in [3.05, 3.63) is 6.33 Å². The van der Waals surface area contributed by atoms with Crippen molar-refractivity contribution in [1.82, 2.24) is 19.5 Å². The van der Waals surface area contributed by atoms with Gasteiger partial charge >= 0.3 is 5.97 Å². The van der Waals surface area contributed by atoms with Gasteiger partial charge in [0.1, 0.15) is 17.9 Å². The average Bonchev–Trinajstić information content (AvgIpc) is 3.04. The van der Waals surface area contributed by atoms with Gasteiger partial charge in [0, 0.05) is 25.8 Å².